The van der Waals surface area contributed by atoms with Crippen LogP contribution >= 0.6 is 0 Å². The average molecular weight is 161 g/mol. The lowest BCUT2D eigenvalue weighted by atomic mass is 9.88. The lowest BCUT2D eigenvalue weighted by Gasteiger charge is -2.15. The summed E-state index contributed by atoms with van der Waals surface area (Å²) in [6.45, 7) is 3.66. The van der Waals surface area contributed by atoms with Gasteiger partial charge in [-0.3, -0.25) is 0 Å². The zero-order valence-corrected chi connectivity index (χ0v) is 7.42. The van der Waals surface area contributed by atoms with Crippen molar-refractivity contribution < 1.29 is 0 Å². The second-order valence-corrected chi connectivity index (χ2v) is 3.23. The Bertz CT molecular complexity index is 220. The van der Waals surface area contributed by atoms with E-state index in [1.165, 1.54) is 18.4 Å². The van der Waals surface area contributed by atoms with Gasteiger partial charge in [-0.1, -0.05) is 17.7 Å². The summed E-state index contributed by atoms with van der Waals surface area (Å²) >= 11 is 0. The van der Waals surface area contributed by atoms with Crippen molar-refractivity contribution in [3.63, 3.8) is 0 Å². The van der Waals surface area contributed by atoms with Crippen molar-refractivity contribution in [3.8, 4) is 6.07 Å². The van der Waals surface area contributed by atoms with Crippen LogP contribution in [0.1, 0.15) is 32.1 Å². The fraction of sp³-hybridized carbons (Fsp3) is 0.545. The Morgan fingerprint density at radius 1 is 1.67 bits per heavy atom. The highest BCUT2D eigenvalue weighted by Gasteiger charge is 2.13. The molecule has 1 nitrogen and oxygen atoms in total. The van der Waals surface area contributed by atoms with Crippen LogP contribution in [0.15, 0.2) is 24.3 Å². The Balaban J connectivity index is 2.58. The summed E-state index contributed by atoms with van der Waals surface area (Å²) in [6, 6.07) is 2.33. The molecule has 0 aliphatic heterocycles. The zero-order chi connectivity index (χ0) is 8.81. The van der Waals surface area contributed by atoms with Crippen molar-refractivity contribution in [2.45, 2.75) is 32.1 Å². The van der Waals surface area contributed by atoms with Crippen LogP contribution in [0.4, 0.5) is 0 Å². The third-order valence-corrected chi connectivity index (χ3v) is 2.33. The average Bonchev–Trinajstić information content (AvgIpc) is 2.15. The summed E-state index contributed by atoms with van der Waals surface area (Å²) in [7, 11) is 0. The summed E-state index contributed by atoms with van der Waals surface area (Å²) in [5, 5.41) is 8.87. The highest BCUT2D eigenvalue weighted by Crippen LogP contribution is 2.25. The van der Waals surface area contributed by atoms with Gasteiger partial charge in [0.25, 0.3) is 0 Å². The highest BCUT2D eigenvalue weighted by molar-refractivity contribution is 5.17. The smallest absolute Gasteiger partial charge is 0.0707 e. The van der Waals surface area contributed by atoms with E-state index in [9.17, 15) is 0 Å². The molecular weight excluding hydrogens is 146 g/mol. The summed E-state index contributed by atoms with van der Waals surface area (Å²) in [6.07, 6.45) is 9.69. The molecule has 1 atom stereocenters. The first kappa shape index (κ1) is 9.06. The first-order valence-corrected chi connectivity index (χ1v) is 4.58. The zero-order valence-electron chi connectivity index (χ0n) is 7.42. The second-order valence-electron chi connectivity index (χ2n) is 3.23. The Kier molecular flexibility index (Phi) is 3.60. The van der Waals surface area contributed by atoms with Gasteiger partial charge in [0, 0.05) is 0 Å². The SMILES string of the molecule is C=CC[C@@H](C#N)C1=CCCCC1. The van der Waals surface area contributed by atoms with Crippen LogP contribution in [0.5, 0.6) is 0 Å². The molecule has 0 fully saturated rings. The van der Waals surface area contributed by atoms with E-state index in [-0.39, 0.29) is 5.92 Å². The maximum atomic E-state index is 8.87. The number of rotatable bonds is 3. The van der Waals surface area contributed by atoms with Gasteiger partial charge < -0.3 is 0 Å². The Hall–Kier alpha value is -1.03. The van der Waals surface area contributed by atoms with Gasteiger partial charge >= 0.3 is 0 Å². The van der Waals surface area contributed by atoms with Crippen molar-refractivity contribution in [1.82, 2.24) is 0 Å². The van der Waals surface area contributed by atoms with Gasteiger partial charge in [-0.2, -0.15) is 5.26 Å². The molecule has 12 heavy (non-hydrogen) atoms. The van der Waals surface area contributed by atoms with Gasteiger partial charge in [-0.25, -0.2) is 0 Å². The van der Waals surface area contributed by atoms with E-state index in [1.54, 1.807) is 0 Å². The van der Waals surface area contributed by atoms with Crippen molar-refractivity contribution in [2.75, 3.05) is 0 Å². The number of hydrogen-bond acceptors (Lipinski definition) is 1. The van der Waals surface area contributed by atoms with Gasteiger partial charge in [0.15, 0.2) is 0 Å². The minimum absolute atomic E-state index is 0.0998. The third-order valence-electron chi connectivity index (χ3n) is 2.33. The number of hydrogen-bond donors (Lipinski definition) is 0. The van der Waals surface area contributed by atoms with Crippen LogP contribution in [-0.4, -0.2) is 0 Å². The summed E-state index contributed by atoms with van der Waals surface area (Å²) in [4.78, 5) is 0. The van der Waals surface area contributed by atoms with Gasteiger partial charge in [0.2, 0.25) is 0 Å². The van der Waals surface area contributed by atoms with E-state index in [4.69, 9.17) is 5.26 Å². The minimum atomic E-state index is 0.0998. The molecule has 1 rings (SSSR count). The molecule has 1 aliphatic carbocycles. The maximum Gasteiger partial charge on any atom is 0.0707 e. The molecule has 0 amide bonds. The predicted molar refractivity (Wildman–Crippen MR) is 50.5 cm³/mol. The van der Waals surface area contributed by atoms with E-state index >= 15 is 0 Å². The molecular formula is C11H15N. The van der Waals surface area contributed by atoms with Crippen LogP contribution < -0.4 is 0 Å². The van der Waals surface area contributed by atoms with Crippen LogP contribution in [-0.2, 0) is 0 Å². The molecule has 0 aromatic rings. The Morgan fingerprint density at radius 3 is 3.00 bits per heavy atom. The van der Waals surface area contributed by atoms with Crippen LogP contribution in [0.25, 0.3) is 0 Å². The topological polar surface area (TPSA) is 23.8 Å². The Morgan fingerprint density at radius 2 is 2.50 bits per heavy atom. The number of nitrogens with zero attached hydrogens (tertiary/aromatic N) is 1. The van der Waals surface area contributed by atoms with E-state index < -0.39 is 0 Å². The molecule has 0 saturated heterocycles. The maximum absolute atomic E-state index is 8.87. The highest BCUT2D eigenvalue weighted by atomic mass is 14.3. The van der Waals surface area contributed by atoms with Gasteiger partial charge in [0.1, 0.15) is 0 Å². The quantitative estimate of drug-likeness (QED) is 0.583. The number of allylic oxidation sites excluding steroid dienone is 3. The monoisotopic (exact) mass is 161 g/mol. The molecule has 0 spiro atoms. The standard InChI is InChI=1S/C11H15N/c1-2-6-11(9-12)10-7-4-3-5-8-10/h2,7,11H,1,3-6,8H2/t11-/m0/s1. The third kappa shape index (κ3) is 2.23. The summed E-state index contributed by atoms with van der Waals surface area (Å²) in [5.74, 6) is 0.0998. The van der Waals surface area contributed by atoms with Crippen LogP contribution in [0.2, 0.25) is 0 Å². The number of nitriles is 1. The molecule has 64 valence electrons. The van der Waals surface area contributed by atoms with Crippen molar-refractivity contribution in [2.24, 2.45) is 5.92 Å². The lowest BCUT2D eigenvalue weighted by molar-refractivity contribution is 0.632. The fourth-order valence-electron chi connectivity index (χ4n) is 1.63. The largest absolute Gasteiger partial charge is 0.198 e. The van der Waals surface area contributed by atoms with E-state index in [0.29, 0.717) is 0 Å². The molecule has 0 saturated carbocycles. The molecule has 0 aromatic carbocycles. The van der Waals surface area contributed by atoms with Crippen molar-refractivity contribution in [1.29, 1.82) is 5.26 Å². The first-order chi connectivity index (χ1) is 5.88. The van der Waals surface area contributed by atoms with Gasteiger partial charge in [-0.15, -0.1) is 6.58 Å². The van der Waals surface area contributed by atoms with Crippen molar-refractivity contribution in [3.05, 3.63) is 24.3 Å². The Labute approximate surface area is 74.4 Å². The predicted octanol–water partition coefficient (Wildman–Crippen LogP) is 3.20. The van der Waals surface area contributed by atoms with E-state index in [1.807, 2.05) is 6.08 Å². The molecule has 0 aromatic heterocycles. The molecule has 0 radical (unpaired) electrons. The summed E-state index contributed by atoms with van der Waals surface area (Å²) in [5.41, 5.74) is 1.34. The second kappa shape index (κ2) is 4.77. The summed E-state index contributed by atoms with van der Waals surface area (Å²) < 4.78 is 0. The first-order valence-electron chi connectivity index (χ1n) is 4.58. The molecule has 1 heteroatoms. The fourth-order valence-corrected chi connectivity index (χ4v) is 1.63. The van der Waals surface area contributed by atoms with Gasteiger partial charge in [0.05, 0.1) is 12.0 Å². The molecule has 0 heterocycles. The minimum Gasteiger partial charge on any atom is -0.198 e. The molecule has 0 bridgehead atoms. The van der Waals surface area contributed by atoms with Gasteiger partial charge in [-0.05, 0) is 32.1 Å². The normalized spacial score (nSPS) is 19.1. The molecule has 1 aliphatic rings. The van der Waals surface area contributed by atoms with E-state index in [0.717, 1.165) is 19.3 Å². The molecule has 0 unspecified atom stereocenters. The van der Waals surface area contributed by atoms with Crippen LogP contribution in [0, 0.1) is 17.2 Å². The van der Waals surface area contributed by atoms with Crippen molar-refractivity contribution >= 4 is 0 Å². The van der Waals surface area contributed by atoms with Crippen LogP contribution in [0.3, 0.4) is 0 Å². The van der Waals surface area contributed by atoms with E-state index in [2.05, 4.69) is 18.7 Å². The lowest BCUT2D eigenvalue weighted by Crippen LogP contribution is -2.03. The molecule has 0 N–H and O–H groups in total.